The van der Waals surface area contributed by atoms with E-state index in [4.69, 9.17) is 4.74 Å². The zero-order chi connectivity index (χ0) is 14.3. The molecule has 0 aromatic carbocycles. The van der Waals surface area contributed by atoms with Gasteiger partial charge in [0.25, 0.3) is 0 Å². The minimum absolute atomic E-state index is 0.0737. The second-order valence-corrected chi connectivity index (χ2v) is 5.25. The number of carbonyl (C=O) groups is 2. The first-order valence-electron chi connectivity index (χ1n) is 7.11. The van der Waals surface area contributed by atoms with Crippen molar-refractivity contribution in [2.75, 3.05) is 6.61 Å². The molecule has 4 heteroatoms. The van der Waals surface area contributed by atoms with Gasteiger partial charge in [-0.15, -0.1) is 0 Å². The maximum absolute atomic E-state index is 12.3. The molecule has 1 aliphatic rings. The maximum atomic E-state index is 12.3. The zero-order valence-electron chi connectivity index (χ0n) is 11.7. The summed E-state index contributed by atoms with van der Waals surface area (Å²) in [6, 6.07) is 0. The van der Waals surface area contributed by atoms with Crippen LogP contribution < -0.4 is 0 Å². The third-order valence-electron chi connectivity index (χ3n) is 4.02. The van der Waals surface area contributed by atoms with Crippen LogP contribution in [-0.2, 0) is 14.3 Å². The molecular weight excluding hydrogens is 244 g/mol. The van der Waals surface area contributed by atoms with Gasteiger partial charge < -0.3 is 9.84 Å². The molecule has 0 heterocycles. The third kappa shape index (κ3) is 3.37. The Balaban J connectivity index is 3.00. The van der Waals surface area contributed by atoms with E-state index in [9.17, 15) is 14.7 Å². The Morgan fingerprint density at radius 2 is 2.00 bits per heavy atom. The van der Waals surface area contributed by atoms with E-state index in [-0.39, 0.29) is 12.5 Å². The number of hydrogen-bond acceptors (Lipinski definition) is 3. The van der Waals surface area contributed by atoms with E-state index in [1.54, 1.807) is 0 Å². The lowest BCUT2D eigenvalue weighted by Crippen LogP contribution is -2.47. The van der Waals surface area contributed by atoms with Crippen LogP contribution in [0.2, 0.25) is 0 Å². The molecule has 0 amide bonds. The van der Waals surface area contributed by atoms with Gasteiger partial charge in [-0.1, -0.05) is 45.3 Å². The molecule has 1 fully saturated rings. The molecule has 0 bridgehead atoms. The molecule has 0 aliphatic heterocycles. The average molecular weight is 268 g/mol. The van der Waals surface area contributed by atoms with E-state index in [1.807, 2.05) is 6.92 Å². The fourth-order valence-corrected chi connectivity index (χ4v) is 3.09. The summed E-state index contributed by atoms with van der Waals surface area (Å²) in [4.78, 5) is 24.1. The lowest BCUT2D eigenvalue weighted by Gasteiger charge is -2.37. The Labute approximate surface area is 114 Å². The summed E-state index contributed by atoms with van der Waals surface area (Å²) in [5.74, 6) is -1.72. The standard InChI is InChI=1S/C15H24O4/c1-3-10-15(13(16)17,14(18)19-11-4-2)12-8-6-5-7-9-12/h4,12H,2-3,5-11H2,1H3,(H,16,17). The van der Waals surface area contributed by atoms with Crippen molar-refractivity contribution in [1.82, 2.24) is 0 Å². The molecule has 19 heavy (non-hydrogen) atoms. The summed E-state index contributed by atoms with van der Waals surface area (Å²) in [6.07, 6.45) is 7.20. The van der Waals surface area contributed by atoms with Crippen LogP contribution in [-0.4, -0.2) is 23.7 Å². The second kappa shape index (κ2) is 7.31. The number of esters is 1. The fourth-order valence-electron chi connectivity index (χ4n) is 3.09. The Bertz CT molecular complexity index is 331. The highest BCUT2D eigenvalue weighted by molar-refractivity contribution is 5.99. The summed E-state index contributed by atoms with van der Waals surface area (Å²) in [5.41, 5.74) is -1.36. The van der Waals surface area contributed by atoms with Crippen molar-refractivity contribution in [2.24, 2.45) is 11.3 Å². The maximum Gasteiger partial charge on any atom is 0.324 e. The number of hydrogen-bond donors (Lipinski definition) is 1. The van der Waals surface area contributed by atoms with Crippen molar-refractivity contribution in [3.8, 4) is 0 Å². The van der Waals surface area contributed by atoms with Gasteiger partial charge in [0.05, 0.1) is 0 Å². The van der Waals surface area contributed by atoms with E-state index < -0.39 is 17.4 Å². The minimum atomic E-state index is -1.36. The van der Waals surface area contributed by atoms with Gasteiger partial charge in [-0.05, 0) is 25.2 Å². The second-order valence-electron chi connectivity index (χ2n) is 5.25. The predicted molar refractivity (Wildman–Crippen MR) is 72.7 cm³/mol. The summed E-state index contributed by atoms with van der Waals surface area (Å²) >= 11 is 0. The van der Waals surface area contributed by atoms with Crippen LogP contribution in [0.1, 0.15) is 51.9 Å². The van der Waals surface area contributed by atoms with Crippen LogP contribution >= 0.6 is 0 Å². The quantitative estimate of drug-likeness (QED) is 0.437. The predicted octanol–water partition coefficient (Wildman–Crippen LogP) is 3.17. The largest absolute Gasteiger partial charge is 0.480 e. The number of aliphatic carboxylic acids is 1. The first-order valence-corrected chi connectivity index (χ1v) is 7.11. The lowest BCUT2D eigenvalue weighted by molar-refractivity contribution is -0.175. The summed E-state index contributed by atoms with van der Waals surface area (Å²) in [7, 11) is 0. The Hall–Kier alpha value is -1.32. The van der Waals surface area contributed by atoms with Crippen LogP contribution in [0, 0.1) is 11.3 Å². The van der Waals surface area contributed by atoms with Gasteiger partial charge in [0.2, 0.25) is 0 Å². The van der Waals surface area contributed by atoms with Crippen LogP contribution in [0.3, 0.4) is 0 Å². The Morgan fingerprint density at radius 1 is 1.37 bits per heavy atom. The molecule has 1 aliphatic carbocycles. The van der Waals surface area contributed by atoms with Gasteiger partial charge in [-0.25, -0.2) is 0 Å². The van der Waals surface area contributed by atoms with Crippen molar-refractivity contribution in [3.63, 3.8) is 0 Å². The van der Waals surface area contributed by atoms with Crippen LogP contribution in [0.5, 0.6) is 0 Å². The van der Waals surface area contributed by atoms with Gasteiger partial charge in [-0.3, -0.25) is 9.59 Å². The molecule has 1 unspecified atom stereocenters. The van der Waals surface area contributed by atoms with Crippen LogP contribution in [0.4, 0.5) is 0 Å². The smallest absolute Gasteiger partial charge is 0.324 e. The highest BCUT2D eigenvalue weighted by atomic mass is 16.5. The van der Waals surface area contributed by atoms with Gasteiger partial charge >= 0.3 is 11.9 Å². The molecule has 0 spiro atoms. The molecule has 1 rings (SSSR count). The van der Waals surface area contributed by atoms with Crippen molar-refractivity contribution in [3.05, 3.63) is 12.7 Å². The fraction of sp³-hybridized carbons (Fsp3) is 0.733. The lowest BCUT2D eigenvalue weighted by atomic mass is 9.66. The van der Waals surface area contributed by atoms with Crippen molar-refractivity contribution in [1.29, 1.82) is 0 Å². The van der Waals surface area contributed by atoms with E-state index in [1.165, 1.54) is 6.08 Å². The van der Waals surface area contributed by atoms with Crippen molar-refractivity contribution in [2.45, 2.75) is 51.9 Å². The molecule has 1 saturated carbocycles. The first kappa shape index (κ1) is 15.7. The summed E-state index contributed by atoms with van der Waals surface area (Å²) in [5, 5.41) is 9.65. The monoisotopic (exact) mass is 268 g/mol. The third-order valence-corrected chi connectivity index (χ3v) is 4.02. The van der Waals surface area contributed by atoms with Crippen LogP contribution in [0.15, 0.2) is 12.7 Å². The first-order chi connectivity index (χ1) is 9.09. The summed E-state index contributed by atoms with van der Waals surface area (Å²) < 4.78 is 5.09. The van der Waals surface area contributed by atoms with E-state index in [0.717, 1.165) is 32.1 Å². The molecule has 0 radical (unpaired) electrons. The molecule has 0 saturated heterocycles. The highest BCUT2D eigenvalue weighted by Gasteiger charge is 2.52. The number of carbonyl (C=O) groups excluding carboxylic acids is 1. The number of ether oxygens (including phenoxy) is 1. The van der Waals surface area contributed by atoms with Gasteiger partial charge in [0.15, 0.2) is 5.41 Å². The molecule has 4 nitrogen and oxygen atoms in total. The normalized spacial score (nSPS) is 19.4. The van der Waals surface area contributed by atoms with Gasteiger partial charge in [-0.2, -0.15) is 0 Å². The number of carboxylic acids is 1. The molecule has 1 N–H and O–H groups in total. The van der Waals surface area contributed by atoms with Crippen LogP contribution in [0.25, 0.3) is 0 Å². The van der Waals surface area contributed by atoms with E-state index in [2.05, 4.69) is 6.58 Å². The highest BCUT2D eigenvalue weighted by Crippen LogP contribution is 2.43. The van der Waals surface area contributed by atoms with Crippen molar-refractivity contribution >= 4 is 11.9 Å². The van der Waals surface area contributed by atoms with E-state index in [0.29, 0.717) is 12.8 Å². The molecule has 108 valence electrons. The SMILES string of the molecule is C=CCOC(=O)C(CCC)(C(=O)O)C1CCCCC1. The number of rotatable bonds is 7. The molecule has 0 aromatic heterocycles. The minimum Gasteiger partial charge on any atom is -0.480 e. The molecule has 1 atom stereocenters. The topological polar surface area (TPSA) is 63.6 Å². The zero-order valence-corrected chi connectivity index (χ0v) is 11.7. The number of carboxylic acid groups (broad SMARTS) is 1. The van der Waals surface area contributed by atoms with Gasteiger partial charge in [0.1, 0.15) is 6.61 Å². The Kier molecular flexibility index (Phi) is 6.06. The molecular formula is C15H24O4. The summed E-state index contributed by atoms with van der Waals surface area (Å²) in [6.45, 7) is 5.47. The molecule has 0 aromatic rings. The van der Waals surface area contributed by atoms with Gasteiger partial charge in [0, 0.05) is 0 Å². The van der Waals surface area contributed by atoms with Crippen molar-refractivity contribution < 1.29 is 19.4 Å². The van der Waals surface area contributed by atoms with E-state index >= 15 is 0 Å². The average Bonchev–Trinajstić information content (AvgIpc) is 2.42. The Morgan fingerprint density at radius 3 is 2.47 bits per heavy atom.